The lowest BCUT2D eigenvalue weighted by Crippen LogP contribution is -2.20. The first-order valence-corrected chi connectivity index (χ1v) is 5.62. The molecular formula is C12H14FN3O2. The van der Waals surface area contributed by atoms with Gasteiger partial charge in [-0.25, -0.2) is 9.37 Å². The fourth-order valence-corrected chi connectivity index (χ4v) is 1.57. The molecule has 1 aliphatic rings. The first-order chi connectivity index (χ1) is 8.70. The van der Waals surface area contributed by atoms with Crippen LogP contribution < -0.4 is 10.1 Å². The van der Waals surface area contributed by atoms with E-state index in [0.29, 0.717) is 5.57 Å². The average molecular weight is 251 g/mol. The van der Waals surface area contributed by atoms with E-state index in [-0.39, 0.29) is 11.8 Å². The van der Waals surface area contributed by atoms with E-state index < -0.39 is 12.1 Å². The number of anilines is 1. The second-order valence-corrected chi connectivity index (χ2v) is 3.75. The lowest BCUT2D eigenvalue weighted by molar-refractivity contribution is 0.00967. The number of rotatable bonds is 4. The molecule has 1 aliphatic carbocycles. The summed E-state index contributed by atoms with van der Waals surface area (Å²) in [5.74, 6) is -0.545. The van der Waals surface area contributed by atoms with Crippen molar-refractivity contribution in [2.75, 3.05) is 12.4 Å². The lowest BCUT2D eigenvalue weighted by atomic mass is 10.1. The molecule has 0 aliphatic heterocycles. The molecule has 2 N–H and O–H groups in total. The normalized spacial score (nSPS) is 16.1. The van der Waals surface area contributed by atoms with Crippen LogP contribution in [0.4, 0.5) is 10.2 Å². The highest BCUT2D eigenvalue weighted by Gasteiger charge is 2.14. The fourth-order valence-electron chi connectivity index (χ4n) is 1.57. The highest BCUT2D eigenvalue weighted by atomic mass is 19.1. The molecule has 0 saturated heterocycles. The maximum Gasteiger partial charge on any atom is 0.321 e. The van der Waals surface area contributed by atoms with Crippen LogP contribution in [0.1, 0.15) is 12.8 Å². The Morgan fingerprint density at radius 3 is 3.00 bits per heavy atom. The third-order valence-corrected chi connectivity index (χ3v) is 2.48. The number of nitrogens with one attached hydrogen (secondary N) is 1. The molecule has 6 heteroatoms. The highest BCUT2D eigenvalue weighted by molar-refractivity contribution is 5.35. The van der Waals surface area contributed by atoms with Crippen LogP contribution in [0.2, 0.25) is 0 Å². The topological polar surface area (TPSA) is 67.3 Å². The minimum Gasteiger partial charge on any atom is -0.429 e. The molecule has 5 nitrogen and oxygen atoms in total. The number of nitrogens with zero attached hydrogens (tertiary/aromatic N) is 2. The molecule has 1 heterocycles. The zero-order valence-corrected chi connectivity index (χ0v) is 9.93. The monoisotopic (exact) mass is 251 g/mol. The molecule has 1 atom stereocenters. The standard InChI is InChI=1S/C12H14FN3O2/c1-14-10-9(13)7-15-12(16-10)18-11(17)8-5-3-2-4-6-8/h3,5-7,11,17H,2,4H2,1H3,(H,14,15,16)/t11-/m1/s1. The second kappa shape index (κ2) is 5.59. The Hall–Kier alpha value is -1.95. The Labute approximate surface area is 104 Å². The number of hydrogen-bond donors (Lipinski definition) is 2. The van der Waals surface area contributed by atoms with Crippen LogP contribution in [-0.4, -0.2) is 28.4 Å². The maximum atomic E-state index is 13.1. The Bertz CT molecular complexity index is 488. The number of halogens is 1. The van der Waals surface area contributed by atoms with Crippen molar-refractivity contribution >= 4 is 5.82 Å². The quantitative estimate of drug-likeness (QED) is 0.796. The molecule has 1 aromatic rings. The number of allylic oxidation sites excluding steroid dienone is 2. The predicted molar refractivity (Wildman–Crippen MR) is 64.6 cm³/mol. The van der Waals surface area contributed by atoms with Crippen molar-refractivity contribution in [3.05, 3.63) is 35.8 Å². The molecule has 0 unspecified atom stereocenters. The van der Waals surface area contributed by atoms with Crippen LogP contribution in [0.5, 0.6) is 6.01 Å². The van der Waals surface area contributed by atoms with Crippen molar-refractivity contribution < 1.29 is 14.2 Å². The van der Waals surface area contributed by atoms with Crippen molar-refractivity contribution in [3.63, 3.8) is 0 Å². The molecule has 0 fully saturated rings. The summed E-state index contributed by atoms with van der Waals surface area (Å²) in [6, 6.07) is -0.0758. The van der Waals surface area contributed by atoms with Crippen LogP contribution in [0.3, 0.4) is 0 Å². The number of aromatic nitrogens is 2. The molecule has 0 saturated carbocycles. The van der Waals surface area contributed by atoms with Gasteiger partial charge in [-0.2, -0.15) is 4.98 Å². The van der Waals surface area contributed by atoms with E-state index in [1.165, 1.54) is 7.05 Å². The fraction of sp³-hybridized carbons (Fsp3) is 0.333. The van der Waals surface area contributed by atoms with E-state index in [1.54, 1.807) is 6.08 Å². The van der Waals surface area contributed by atoms with Gasteiger partial charge in [0.05, 0.1) is 6.20 Å². The Morgan fingerprint density at radius 2 is 2.33 bits per heavy atom. The van der Waals surface area contributed by atoms with E-state index in [0.717, 1.165) is 19.0 Å². The summed E-state index contributed by atoms with van der Waals surface area (Å²) in [6.45, 7) is 0. The number of hydrogen-bond acceptors (Lipinski definition) is 5. The van der Waals surface area contributed by atoms with Gasteiger partial charge < -0.3 is 15.2 Å². The zero-order valence-electron chi connectivity index (χ0n) is 9.93. The molecule has 0 amide bonds. The zero-order chi connectivity index (χ0) is 13.0. The number of aliphatic hydroxyl groups is 1. The first-order valence-electron chi connectivity index (χ1n) is 5.62. The third-order valence-electron chi connectivity index (χ3n) is 2.48. The average Bonchev–Trinajstić information content (AvgIpc) is 2.42. The van der Waals surface area contributed by atoms with Crippen LogP contribution in [0.15, 0.2) is 30.0 Å². The van der Waals surface area contributed by atoms with Crippen molar-refractivity contribution in [2.24, 2.45) is 0 Å². The van der Waals surface area contributed by atoms with Crippen molar-refractivity contribution in [1.29, 1.82) is 0 Å². The summed E-state index contributed by atoms with van der Waals surface area (Å²) < 4.78 is 18.3. The van der Waals surface area contributed by atoms with Crippen molar-refractivity contribution in [2.45, 2.75) is 19.1 Å². The van der Waals surface area contributed by atoms with Gasteiger partial charge in [-0.15, -0.1) is 0 Å². The molecular weight excluding hydrogens is 237 g/mol. The predicted octanol–water partition coefficient (Wildman–Crippen LogP) is 1.63. The van der Waals surface area contributed by atoms with E-state index in [2.05, 4.69) is 15.3 Å². The molecule has 0 aromatic carbocycles. The summed E-state index contributed by atoms with van der Waals surface area (Å²) in [5, 5.41) is 12.4. The minimum absolute atomic E-state index is 0.0281. The van der Waals surface area contributed by atoms with Crippen LogP contribution in [0.25, 0.3) is 0 Å². The molecule has 96 valence electrons. The van der Waals surface area contributed by atoms with E-state index >= 15 is 0 Å². The molecule has 0 radical (unpaired) electrons. The Kier molecular flexibility index (Phi) is 3.88. The van der Waals surface area contributed by atoms with Gasteiger partial charge in [0.2, 0.25) is 6.29 Å². The van der Waals surface area contributed by atoms with Crippen molar-refractivity contribution in [3.8, 4) is 6.01 Å². The van der Waals surface area contributed by atoms with Gasteiger partial charge >= 0.3 is 6.01 Å². The van der Waals surface area contributed by atoms with Gasteiger partial charge in [0.25, 0.3) is 0 Å². The van der Waals surface area contributed by atoms with Gasteiger partial charge in [0, 0.05) is 12.6 Å². The van der Waals surface area contributed by atoms with E-state index in [1.807, 2.05) is 12.2 Å². The lowest BCUT2D eigenvalue weighted by Gasteiger charge is -2.15. The molecule has 1 aromatic heterocycles. The largest absolute Gasteiger partial charge is 0.429 e. The van der Waals surface area contributed by atoms with Gasteiger partial charge in [-0.3, -0.25) is 0 Å². The first kappa shape index (κ1) is 12.5. The second-order valence-electron chi connectivity index (χ2n) is 3.75. The van der Waals surface area contributed by atoms with Gasteiger partial charge in [-0.1, -0.05) is 18.2 Å². The summed E-state index contributed by atoms with van der Waals surface area (Å²) in [7, 11) is 1.54. The van der Waals surface area contributed by atoms with Gasteiger partial charge in [-0.05, 0) is 12.8 Å². The number of aliphatic hydroxyl groups excluding tert-OH is 1. The molecule has 0 bridgehead atoms. The van der Waals surface area contributed by atoms with E-state index in [9.17, 15) is 9.50 Å². The van der Waals surface area contributed by atoms with Gasteiger partial charge in [0.15, 0.2) is 11.6 Å². The molecule has 2 rings (SSSR count). The maximum absolute atomic E-state index is 13.1. The van der Waals surface area contributed by atoms with Crippen molar-refractivity contribution in [1.82, 2.24) is 9.97 Å². The van der Waals surface area contributed by atoms with Crippen LogP contribution >= 0.6 is 0 Å². The summed E-state index contributed by atoms with van der Waals surface area (Å²) in [6.07, 6.45) is 7.28. The summed E-state index contributed by atoms with van der Waals surface area (Å²) in [5.41, 5.74) is 0.653. The Morgan fingerprint density at radius 1 is 1.50 bits per heavy atom. The highest BCUT2D eigenvalue weighted by Crippen LogP contribution is 2.17. The van der Waals surface area contributed by atoms with Crippen LogP contribution in [0, 0.1) is 5.82 Å². The SMILES string of the molecule is CNc1nc(O[C@@H](O)C2=CCCC=C2)ncc1F. The minimum atomic E-state index is -1.14. The summed E-state index contributed by atoms with van der Waals surface area (Å²) >= 11 is 0. The third kappa shape index (κ3) is 2.84. The smallest absolute Gasteiger partial charge is 0.321 e. The molecule has 0 spiro atoms. The Balaban J connectivity index is 2.09. The van der Waals surface area contributed by atoms with E-state index in [4.69, 9.17) is 4.74 Å². The van der Waals surface area contributed by atoms with Crippen LogP contribution in [-0.2, 0) is 0 Å². The van der Waals surface area contributed by atoms with Gasteiger partial charge in [0.1, 0.15) is 0 Å². The molecule has 18 heavy (non-hydrogen) atoms. The number of ether oxygens (including phenoxy) is 1. The summed E-state index contributed by atoms with van der Waals surface area (Å²) in [4.78, 5) is 7.46.